The Kier molecular flexibility index (Phi) is 7.90. The number of nitrogens with zero attached hydrogens (tertiary/aromatic N) is 1. The van der Waals surface area contributed by atoms with Crippen molar-refractivity contribution < 1.29 is 26.4 Å². The second-order valence-corrected chi connectivity index (χ2v) is 9.00. The fourth-order valence-electron chi connectivity index (χ4n) is 2.38. The molecule has 0 fully saturated rings. The molecule has 0 amide bonds. The van der Waals surface area contributed by atoms with Gasteiger partial charge < -0.3 is 4.84 Å². The van der Waals surface area contributed by atoms with Gasteiger partial charge in [-0.25, -0.2) is 0 Å². The Morgan fingerprint density at radius 3 is 2.30 bits per heavy atom. The Balaban J connectivity index is 2.38. The standard InChI is InChI=1S/C18H16Cl3F3N2O3S/c1-3-16(25-29-10(2)13-6-4-12(20)9-15(13)21)14-8-11(19)5-7-17(14)26-30(27,28)18(22,23)24/h4-10,26H,3H2,1-2H3. The van der Waals surface area contributed by atoms with Crippen molar-refractivity contribution in [1.82, 2.24) is 0 Å². The van der Waals surface area contributed by atoms with Gasteiger partial charge in [0.25, 0.3) is 0 Å². The van der Waals surface area contributed by atoms with Crippen LogP contribution in [0, 0.1) is 0 Å². The third kappa shape index (κ3) is 5.94. The first-order valence-corrected chi connectivity index (χ1v) is 11.0. The van der Waals surface area contributed by atoms with Crippen LogP contribution in [0.2, 0.25) is 15.1 Å². The molecule has 0 spiro atoms. The third-order valence-corrected chi connectivity index (χ3v) is 5.79. The summed E-state index contributed by atoms with van der Waals surface area (Å²) in [7, 11) is -5.63. The van der Waals surface area contributed by atoms with Crippen LogP contribution >= 0.6 is 34.8 Å². The number of hydrogen-bond donors (Lipinski definition) is 1. The first-order chi connectivity index (χ1) is 13.9. The lowest BCUT2D eigenvalue weighted by atomic mass is 10.1. The van der Waals surface area contributed by atoms with Crippen molar-refractivity contribution in [1.29, 1.82) is 0 Å². The molecule has 30 heavy (non-hydrogen) atoms. The molecule has 0 aromatic heterocycles. The summed E-state index contributed by atoms with van der Waals surface area (Å²) >= 11 is 18.0. The molecule has 2 rings (SSSR count). The summed E-state index contributed by atoms with van der Waals surface area (Å²) in [5.41, 5.74) is -5.01. The number of rotatable bonds is 7. The molecule has 0 saturated heterocycles. The highest BCUT2D eigenvalue weighted by Gasteiger charge is 2.46. The smallest absolute Gasteiger partial charge is 0.388 e. The van der Waals surface area contributed by atoms with E-state index in [0.29, 0.717) is 15.6 Å². The number of sulfonamides is 1. The van der Waals surface area contributed by atoms with Gasteiger partial charge in [-0.05, 0) is 43.7 Å². The van der Waals surface area contributed by atoms with Crippen molar-refractivity contribution in [2.45, 2.75) is 31.9 Å². The number of nitrogens with one attached hydrogen (secondary N) is 1. The Morgan fingerprint density at radius 2 is 1.73 bits per heavy atom. The lowest BCUT2D eigenvalue weighted by Crippen LogP contribution is -2.30. The highest BCUT2D eigenvalue weighted by molar-refractivity contribution is 7.93. The monoisotopic (exact) mass is 502 g/mol. The van der Waals surface area contributed by atoms with Crippen LogP contribution in [0.15, 0.2) is 41.6 Å². The molecule has 1 N–H and O–H groups in total. The summed E-state index contributed by atoms with van der Waals surface area (Å²) in [6, 6.07) is 8.47. The maximum atomic E-state index is 12.8. The van der Waals surface area contributed by atoms with Gasteiger partial charge in [-0.2, -0.15) is 21.6 Å². The molecule has 0 radical (unpaired) electrons. The second-order valence-electron chi connectivity index (χ2n) is 6.05. The van der Waals surface area contributed by atoms with E-state index >= 15 is 0 Å². The van der Waals surface area contributed by atoms with Crippen LogP contribution in [-0.4, -0.2) is 19.6 Å². The molecule has 12 heteroatoms. The Morgan fingerprint density at radius 1 is 1.13 bits per heavy atom. The topological polar surface area (TPSA) is 67.8 Å². The van der Waals surface area contributed by atoms with Crippen molar-refractivity contribution in [2.24, 2.45) is 5.16 Å². The number of hydrogen-bond acceptors (Lipinski definition) is 4. The summed E-state index contributed by atoms with van der Waals surface area (Å²) in [4.78, 5) is 5.47. The summed E-state index contributed by atoms with van der Waals surface area (Å²) in [5.74, 6) is 0. The zero-order chi connectivity index (χ0) is 22.7. The third-order valence-electron chi connectivity index (χ3n) is 3.90. The number of oxime groups is 1. The summed E-state index contributed by atoms with van der Waals surface area (Å²) in [5, 5.41) is 4.96. The quantitative estimate of drug-likeness (QED) is 0.334. The van der Waals surface area contributed by atoms with Gasteiger partial charge >= 0.3 is 15.5 Å². The Hall–Kier alpha value is -1.68. The van der Waals surface area contributed by atoms with Crippen LogP contribution in [0.3, 0.4) is 0 Å². The van der Waals surface area contributed by atoms with Gasteiger partial charge in [0.05, 0.1) is 11.4 Å². The highest BCUT2D eigenvalue weighted by atomic mass is 35.5. The SMILES string of the molecule is CCC(=NOC(C)c1ccc(Cl)cc1Cl)c1cc(Cl)ccc1NS(=O)(=O)C(F)(F)F. The minimum absolute atomic E-state index is 0.0484. The van der Waals surface area contributed by atoms with Crippen LogP contribution in [0.5, 0.6) is 0 Å². The molecule has 2 aromatic rings. The number of halogens is 6. The lowest BCUT2D eigenvalue weighted by molar-refractivity contribution is -0.0429. The molecule has 0 heterocycles. The van der Waals surface area contributed by atoms with Crippen molar-refractivity contribution in [3.8, 4) is 0 Å². The average Bonchev–Trinajstić information content (AvgIpc) is 2.63. The van der Waals surface area contributed by atoms with E-state index in [4.69, 9.17) is 39.6 Å². The first kappa shape index (κ1) is 24.6. The van der Waals surface area contributed by atoms with Crippen LogP contribution in [-0.2, 0) is 14.9 Å². The van der Waals surface area contributed by atoms with Crippen molar-refractivity contribution in [3.05, 3.63) is 62.6 Å². The maximum absolute atomic E-state index is 12.8. The fourth-order valence-corrected chi connectivity index (χ4v) is 3.70. The van der Waals surface area contributed by atoms with E-state index < -0.39 is 21.6 Å². The minimum Gasteiger partial charge on any atom is -0.388 e. The van der Waals surface area contributed by atoms with Crippen molar-refractivity contribution in [3.63, 3.8) is 0 Å². The number of anilines is 1. The molecule has 0 saturated carbocycles. The normalized spacial score (nSPS) is 13.8. The summed E-state index contributed by atoms with van der Waals surface area (Å²) in [6.45, 7) is 3.34. The van der Waals surface area contributed by atoms with Gasteiger partial charge in [0.15, 0.2) is 6.10 Å². The largest absolute Gasteiger partial charge is 0.516 e. The number of benzene rings is 2. The predicted molar refractivity (Wildman–Crippen MR) is 113 cm³/mol. The van der Waals surface area contributed by atoms with Crippen LogP contribution < -0.4 is 4.72 Å². The van der Waals surface area contributed by atoms with E-state index in [0.717, 1.165) is 6.07 Å². The van der Waals surface area contributed by atoms with Crippen molar-refractivity contribution in [2.75, 3.05) is 4.72 Å². The van der Waals surface area contributed by atoms with Gasteiger partial charge in [0.1, 0.15) is 0 Å². The Labute approximate surface area is 186 Å². The maximum Gasteiger partial charge on any atom is 0.516 e. The van der Waals surface area contributed by atoms with Gasteiger partial charge in [0, 0.05) is 26.2 Å². The molecular formula is C18H16Cl3F3N2O3S. The number of alkyl halides is 3. The van der Waals surface area contributed by atoms with Crippen LogP contribution in [0.1, 0.15) is 37.5 Å². The highest BCUT2D eigenvalue weighted by Crippen LogP contribution is 2.31. The van der Waals surface area contributed by atoms with E-state index in [1.807, 2.05) is 0 Å². The zero-order valence-electron chi connectivity index (χ0n) is 15.6. The predicted octanol–water partition coefficient (Wildman–Crippen LogP) is 6.80. The minimum atomic E-state index is -5.63. The molecule has 5 nitrogen and oxygen atoms in total. The van der Waals surface area contributed by atoms with E-state index in [1.54, 1.807) is 26.0 Å². The van der Waals surface area contributed by atoms with Crippen LogP contribution in [0.25, 0.3) is 0 Å². The average molecular weight is 504 g/mol. The molecule has 1 unspecified atom stereocenters. The lowest BCUT2D eigenvalue weighted by Gasteiger charge is -2.16. The Bertz CT molecular complexity index is 1060. The van der Waals surface area contributed by atoms with Gasteiger partial charge in [-0.3, -0.25) is 4.72 Å². The molecule has 0 aliphatic rings. The zero-order valence-corrected chi connectivity index (χ0v) is 18.7. The van der Waals surface area contributed by atoms with Crippen molar-refractivity contribution >= 4 is 56.2 Å². The fraction of sp³-hybridized carbons (Fsp3) is 0.278. The molecule has 2 aromatic carbocycles. The van der Waals surface area contributed by atoms with E-state index in [2.05, 4.69) is 5.16 Å². The molecule has 0 aliphatic carbocycles. The van der Waals surface area contributed by atoms with E-state index in [9.17, 15) is 21.6 Å². The molecule has 0 bridgehead atoms. The molecule has 1 atom stereocenters. The van der Waals surface area contributed by atoms with Gasteiger partial charge in [-0.15, -0.1) is 0 Å². The second kappa shape index (κ2) is 9.64. The first-order valence-electron chi connectivity index (χ1n) is 8.42. The van der Waals surface area contributed by atoms with Gasteiger partial charge in [-0.1, -0.05) is 52.9 Å². The molecule has 0 aliphatic heterocycles. The summed E-state index contributed by atoms with van der Waals surface area (Å²) < 4.78 is 62.9. The van der Waals surface area contributed by atoms with Gasteiger partial charge in [0.2, 0.25) is 0 Å². The molecular weight excluding hydrogens is 488 g/mol. The van der Waals surface area contributed by atoms with E-state index in [-0.39, 0.29) is 28.4 Å². The van der Waals surface area contributed by atoms with E-state index in [1.165, 1.54) is 22.9 Å². The molecule has 164 valence electrons. The van der Waals surface area contributed by atoms with Crippen LogP contribution in [0.4, 0.5) is 18.9 Å². The summed E-state index contributed by atoms with van der Waals surface area (Å²) in [6.07, 6.45) is -0.409.